The molecule has 0 N–H and O–H groups in total. The molecule has 9 aliphatic carbocycles. The molecule has 762 valence electrons. The molecule has 18 heteroatoms. The van der Waals surface area contributed by atoms with Crippen molar-refractivity contribution in [3.05, 3.63) is 331 Å². The Morgan fingerprint density at radius 1 is 0.186 bits per heavy atom. The number of hydrogen-bond donors (Lipinski definition) is 0. The summed E-state index contributed by atoms with van der Waals surface area (Å²) in [6.45, 7) is 27.1. The molecule has 5 unspecified atom stereocenters. The molecule has 0 spiro atoms. The van der Waals surface area contributed by atoms with Crippen LogP contribution in [-0.2, 0) is 0 Å². The normalized spacial score (nSPS) is 23.5. The molecule has 4 fully saturated rings. The average Bonchev–Trinajstić information content (AvgIpc) is 0.744. The zero-order valence-electron chi connectivity index (χ0n) is 84.0. The highest BCUT2D eigenvalue weighted by atomic mass is 35.5. The lowest BCUT2D eigenvalue weighted by Gasteiger charge is -2.33. The van der Waals surface area contributed by atoms with Gasteiger partial charge in [-0.2, -0.15) is 0 Å². The Bertz CT molecular complexity index is 5550. The summed E-state index contributed by atoms with van der Waals surface area (Å²) in [5.74, 6) is -4.91. The Labute approximate surface area is 844 Å². The molecule has 4 saturated carbocycles. The maximum absolute atomic E-state index is 14.5. The average molecular weight is 2010 g/mol. The van der Waals surface area contributed by atoms with Crippen LogP contribution in [0.25, 0.3) is 39.0 Å². The van der Waals surface area contributed by atoms with Gasteiger partial charge in [0.05, 0.1) is 15.1 Å². The first kappa shape index (κ1) is 110. The smallest absolute Gasteiger partial charge is 0.167 e. The molecule has 9 aliphatic rings. The summed E-state index contributed by atoms with van der Waals surface area (Å²) in [6.07, 6.45) is 44.3. The van der Waals surface area contributed by atoms with E-state index in [0.29, 0.717) is 85.0 Å². The molecule has 140 heavy (non-hydrogen) atoms. The van der Waals surface area contributed by atoms with Crippen LogP contribution in [-0.4, -0.2) is 0 Å². The van der Waals surface area contributed by atoms with Crippen LogP contribution in [0.4, 0.5) is 65.9 Å². The molecule has 0 saturated heterocycles. The van der Waals surface area contributed by atoms with Crippen LogP contribution < -0.4 is 0 Å². The fourth-order valence-electron chi connectivity index (χ4n) is 21.6. The predicted octanol–water partition coefficient (Wildman–Crippen LogP) is 41.6. The van der Waals surface area contributed by atoms with Crippen molar-refractivity contribution in [2.75, 3.05) is 0 Å². The molecule has 0 nitrogen and oxygen atoms in total. The SMILES string of the molecule is Cc1ccc(-c2ccc(C3CCC(C)CC3)c(F)c2F)c(F)c1F.Cc1ccc(-c2ccc(C3CCC(C)CC3)c(F)c2F)c(F)c1F.Cc1ccc(C2=CCC(C)CC2)c(Cl)c1F.Cc1ccc(C2=CCC(C)CC2)c(F)c1Cl.Cc1ccc(C2=CCC(C)CC2)c(F)c1F.Cc1ccc(C2CCC(C3=CCC(C)CC3)CC2)c(F)c1Cl.Cc1ccc(C2CCC(C3=CCC(C)CC3)CC2)c(F)c1F.[HH].[HH].[HH].[HH]. The lowest BCUT2D eigenvalue weighted by Crippen LogP contribution is -2.18. The van der Waals surface area contributed by atoms with Gasteiger partial charge in [0.1, 0.15) is 17.5 Å². The number of hydrogen-bond acceptors (Lipinski definition) is 0. The fourth-order valence-corrected chi connectivity index (χ4v) is 22.2. The summed E-state index contributed by atoms with van der Waals surface area (Å²) in [4.78, 5) is 0. The van der Waals surface area contributed by atoms with E-state index in [1.165, 1.54) is 119 Å². The zero-order valence-corrected chi connectivity index (χ0v) is 86.3. The van der Waals surface area contributed by atoms with Gasteiger partial charge in [-0.3, -0.25) is 0 Å². The Balaban J connectivity index is 0.000000206. The number of halogens is 18. The molecule has 0 bridgehead atoms. The van der Waals surface area contributed by atoms with Crippen molar-refractivity contribution < 1.29 is 71.6 Å². The van der Waals surface area contributed by atoms with Gasteiger partial charge >= 0.3 is 0 Å². The molecule has 0 heterocycles. The van der Waals surface area contributed by atoms with Crippen molar-refractivity contribution in [2.45, 2.75) is 320 Å². The molecule has 0 aromatic heterocycles. The van der Waals surface area contributed by atoms with E-state index in [2.05, 4.69) is 72.8 Å². The highest BCUT2D eigenvalue weighted by molar-refractivity contribution is 6.33. The topological polar surface area (TPSA) is 0 Å². The lowest BCUT2D eigenvalue weighted by molar-refractivity contribution is 0.336. The monoisotopic (exact) mass is 2000 g/mol. The number of aryl methyl sites for hydroxylation is 7. The van der Waals surface area contributed by atoms with E-state index in [-0.39, 0.29) is 84.3 Å². The largest absolute Gasteiger partial charge is 0.205 e. The van der Waals surface area contributed by atoms with Crippen LogP contribution in [0.2, 0.25) is 15.1 Å². The first-order valence-corrected chi connectivity index (χ1v) is 52.4. The maximum Gasteiger partial charge on any atom is 0.167 e. The predicted molar refractivity (Wildman–Crippen MR) is 557 cm³/mol. The van der Waals surface area contributed by atoms with Gasteiger partial charge < -0.3 is 0 Å². The van der Waals surface area contributed by atoms with Gasteiger partial charge in [0, 0.05) is 39.1 Å². The van der Waals surface area contributed by atoms with Crippen molar-refractivity contribution in [2.24, 2.45) is 53.3 Å². The third kappa shape index (κ3) is 27.6. The van der Waals surface area contributed by atoms with Gasteiger partial charge in [0.2, 0.25) is 0 Å². The minimum atomic E-state index is -1.15. The minimum absolute atomic E-state index is 0. The Morgan fingerprint density at radius 3 is 0.743 bits per heavy atom. The van der Waals surface area contributed by atoms with Gasteiger partial charge in [-0.05, 0) is 382 Å². The standard InChI is InChI=1S/C20H26ClF.2C20H20F4.C20H26F2.2C14H16ClF.C14H16F2.4H2/c1-13-3-6-15(7-4-13)16-8-10-17(11-9-16)18-12-5-14(2)19(21)20(18)22;2*1-11-3-6-13(7-4-11)14-9-10-16(20(24)18(14)22)15-8-5-12(2)17(21)19(15)23;1-13-3-6-15(7-4-13)16-8-10-17(11-9-16)18-12-5-14(2)19(21)20(18)22;1-9-3-6-11(7-4-9)12-8-5-10(2)14(16)13(12)15;2*1-9-3-6-11(7-4-9)12-8-5-10(2)13(15)14(12)16;;;;/h5-6,12-13,16-17H,3-4,7-11H2,1-2H3;2*5,8-11,13H,3-4,6-7H2,1-2H3;5-6,12-13,16-17H,3-4,7-11H2,1-2H3;3*5-6,8-9H,3-4,7H2,1-2H3;4*1H. The summed E-state index contributed by atoms with van der Waals surface area (Å²) in [5, 5.41) is 0.849. The van der Waals surface area contributed by atoms with Crippen molar-refractivity contribution in [1.29, 1.82) is 0 Å². The Morgan fingerprint density at radius 2 is 0.407 bits per heavy atom. The molecule has 9 aromatic rings. The Kier molecular flexibility index (Phi) is 40.0. The van der Waals surface area contributed by atoms with Gasteiger partial charge in [-0.25, -0.2) is 65.9 Å². The van der Waals surface area contributed by atoms with E-state index in [9.17, 15) is 65.9 Å². The molecular weight excluding hydrogens is 1860 g/mol. The highest BCUT2D eigenvalue weighted by Crippen LogP contribution is 2.49. The van der Waals surface area contributed by atoms with Gasteiger partial charge in [-0.1, -0.05) is 260 Å². The van der Waals surface area contributed by atoms with Gasteiger partial charge in [0.25, 0.3) is 0 Å². The van der Waals surface area contributed by atoms with E-state index in [4.69, 9.17) is 34.8 Å². The van der Waals surface area contributed by atoms with E-state index in [1.807, 2.05) is 50.3 Å². The summed E-state index contributed by atoms with van der Waals surface area (Å²) in [5.41, 5.74) is 13.0. The first-order valence-electron chi connectivity index (χ1n) is 51.2. The van der Waals surface area contributed by atoms with Crippen LogP contribution in [0, 0.1) is 189 Å². The molecule has 18 rings (SSSR count). The number of allylic oxidation sites excluding steroid dienone is 10. The minimum Gasteiger partial charge on any atom is -0.205 e. The molecule has 9 aromatic carbocycles. The van der Waals surface area contributed by atoms with E-state index in [0.717, 1.165) is 205 Å². The first-order chi connectivity index (χ1) is 66.7. The Hall–Kier alpha value is -8.50. The van der Waals surface area contributed by atoms with Crippen molar-refractivity contribution in [1.82, 2.24) is 0 Å². The van der Waals surface area contributed by atoms with E-state index < -0.39 is 69.8 Å². The third-order valence-corrected chi connectivity index (χ3v) is 32.9. The van der Waals surface area contributed by atoms with Crippen LogP contribution in [0.15, 0.2) is 151 Å². The highest BCUT2D eigenvalue weighted by Gasteiger charge is 2.35. The van der Waals surface area contributed by atoms with Crippen LogP contribution in [0.5, 0.6) is 0 Å². The number of rotatable bonds is 11. The van der Waals surface area contributed by atoms with Crippen LogP contribution in [0.3, 0.4) is 0 Å². The molecule has 0 aliphatic heterocycles. The second-order valence-electron chi connectivity index (χ2n) is 42.3. The summed E-state index contributed by atoms with van der Waals surface area (Å²) in [7, 11) is 0. The van der Waals surface area contributed by atoms with Crippen molar-refractivity contribution in [3.8, 4) is 22.3 Å². The second kappa shape index (κ2) is 50.8. The van der Waals surface area contributed by atoms with E-state index in [1.54, 1.807) is 62.2 Å². The zero-order chi connectivity index (χ0) is 101. The van der Waals surface area contributed by atoms with Crippen LogP contribution in [0.1, 0.15) is 355 Å². The molecule has 0 radical (unpaired) electrons. The van der Waals surface area contributed by atoms with Crippen LogP contribution >= 0.6 is 34.8 Å². The quantitative estimate of drug-likeness (QED) is 0.0894. The fraction of sp³-hybridized carbons (Fsp3) is 0.475. The van der Waals surface area contributed by atoms with Crippen molar-refractivity contribution in [3.63, 3.8) is 0 Å². The molecule has 0 amide bonds. The maximum atomic E-state index is 14.5. The molecular formula is C122H148Cl3F15. The van der Waals surface area contributed by atoms with E-state index >= 15 is 0 Å². The second-order valence-corrected chi connectivity index (χ2v) is 43.4. The number of benzene rings is 9. The summed E-state index contributed by atoms with van der Waals surface area (Å²) >= 11 is 18.1. The van der Waals surface area contributed by atoms with Crippen molar-refractivity contribution >= 4 is 51.5 Å². The summed E-state index contributed by atoms with van der Waals surface area (Å²) in [6, 6.07) is 29.3. The van der Waals surface area contributed by atoms with Gasteiger partial charge in [0.15, 0.2) is 69.8 Å². The molecule has 5 atom stereocenters. The lowest BCUT2D eigenvalue weighted by atomic mass is 9.73. The third-order valence-electron chi connectivity index (χ3n) is 31.6. The summed E-state index contributed by atoms with van der Waals surface area (Å²) < 4.78 is 211. The van der Waals surface area contributed by atoms with Gasteiger partial charge in [-0.15, -0.1) is 0 Å².